The molecule has 0 saturated heterocycles. The van der Waals surface area contributed by atoms with Crippen molar-refractivity contribution in [2.45, 2.75) is 123 Å². The minimum absolute atomic E-state index is 0. The Labute approximate surface area is 124 Å². The Bertz CT molecular complexity index is 0. The molecule has 0 aromatic carbocycles. The van der Waals surface area contributed by atoms with Gasteiger partial charge in [-0.05, 0) is 0 Å². The van der Waals surface area contributed by atoms with E-state index in [0.717, 1.165) is 0 Å². The maximum Gasteiger partial charge on any atom is -0.0683 e. The van der Waals surface area contributed by atoms with E-state index < -0.39 is 0 Å². The van der Waals surface area contributed by atoms with Gasteiger partial charge in [0.1, 0.15) is 0 Å². The van der Waals surface area contributed by atoms with Crippen LogP contribution in [0.4, 0.5) is 0 Å². The lowest BCUT2D eigenvalue weighted by Crippen LogP contribution is -0.856. The summed E-state index contributed by atoms with van der Waals surface area (Å²) in [5, 5.41) is 0. The summed E-state index contributed by atoms with van der Waals surface area (Å²) < 4.78 is 0. The van der Waals surface area contributed by atoms with E-state index in [-0.39, 0.29) is 81.7 Å². The molecule has 0 bridgehead atoms. The summed E-state index contributed by atoms with van der Waals surface area (Å²) in [5.74, 6) is 0. The molecule has 0 atom stereocenters. The zero-order valence-electron chi connectivity index (χ0n) is 6.00. The molecule has 0 radical (unpaired) electrons. The highest BCUT2D eigenvalue weighted by atomic mass is 13.0. The first kappa shape index (κ1) is 484. The van der Waals surface area contributed by atoms with E-state index in [4.69, 9.17) is 0 Å². The number of hydrogen-bond acceptors (Lipinski definition) is 0. The van der Waals surface area contributed by atoms with Gasteiger partial charge in [-0.1, -0.05) is 123 Å². The third-order valence-corrected chi connectivity index (χ3v) is 0. The second-order valence-corrected chi connectivity index (χ2v) is 0. The van der Waals surface area contributed by atoms with Gasteiger partial charge in [-0.25, -0.2) is 0 Å². The quantitative estimate of drug-likeness (QED) is 0.409. The second-order valence-electron chi connectivity index (χ2n) is 0. The van der Waals surface area contributed by atoms with Crippen molar-refractivity contribution in [2.24, 2.45) is 0 Å². The van der Waals surface area contributed by atoms with Crippen LogP contribution in [0.5, 0.6) is 0 Å². The minimum Gasteiger partial charge on any atom is -0.0776 e. The van der Waals surface area contributed by atoms with Gasteiger partial charge in [0.15, 0.2) is 0 Å². The lowest BCUT2D eigenvalue weighted by Gasteiger charge is -1.07. The molecular formula is C17H62. The Hall–Kier alpha value is 0. The first-order chi connectivity index (χ1) is 3.00. The third-order valence-electron chi connectivity index (χ3n) is 0. The van der Waals surface area contributed by atoms with Gasteiger partial charge in [0, 0.05) is 0 Å². The maximum atomic E-state index is 2.00. The largest absolute Gasteiger partial charge is 0.0776 e. The minimum atomic E-state index is 0. The van der Waals surface area contributed by atoms with Gasteiger partial charge >= 0.3 is 0 Å². The third kappa shape index (κ3) is 0. The first-order valence-electron chi connectivity index (χ1n) is 3.00. The van der Waals surface area contributed by atoms with Crippen LogP contribution in [0.1, 0.15) is 123 Å². The zero-order valence-corrected chi connectivity index (χ0v) is 6.00. The number of hydrogen-bond donors (Lipinski definition) is 0. The van der Waals surface area contributed by atoms with Crippen molar-refractivity contribution in [3.8, 4) is 0 Å². The molecule has 0 unspecified atom stereocenters. The van der Waals surface area contributed by atoms with Crippen LogP contribution in [-0.4, -0.2) is 0 Å². The predicted molar refractivity (Wildman–Crippen MR) is 108 cm³/mol. The molecule has 0 aliphatic rings. The molecule has 0 aliphatic carbocycles. The predicted octanol–water partition coefficient (Wildman–Crippen LogP) is 10.1. The molecule has 0 spiro atoms. The van der Waals surface area contributed by atoms with E-state index in [9.17, 15) is 0 Å². The highest BCUT2D eigenvalue weighted by Crippen LogP contribution is 1.15. The van der Waals surface area contributed by atoms with Gasteiger partial charge in [0.25, 0.3) is 0 Å². The average Bonchev–Trinajstić information content (AvgIpc) is 1.81. The summed E-state index contributed by atoms with van der Waals surface area (Å²) in [4.78, 5) is 0. The normalized spacial score (nSPS) is 1.06. The van der Waals surface area contributed by atoms with Crippen LogP contribution < -0.4 is 0 Å². The number of rotatable bonds is 0. The summed E-state index contributed by atoms with van der Waals surface area (Å²) in [5.41, 5.74) is 0. The molecule has 0 aromatic heterocycles. The average molecular weight is 267 g/mol. The first-order valence-corrected chi connectivity index (χ1v) is 3.00. The van der Waals surface area contributed by atoms with Crippen molar-refractivity contribution in [1.82, 2.24) is 0 Å². The highest BCUT2D eigenvalue weighted by molar-refractivity contribution is 3.51. The van der Waals surface area contributed by atoms with E-state index in [1.807, 2.05) is 41.5 Å². The fraction of sp³-hybridized carbons (Fsp3) is 1.00. The van der Waals surface area contributed by atoms with E-state index in [2.05, 4.69) is 0 Å². The van der Waals surface area contributed by atoms with E-state index in [1.165, 1.54) is 0 Å². The van der Waals surface area contributed by atoms with Crippen molar-refractivity contribution in [1.29, 1.82) is 0 Å². The lowest BCUT2D eigenvalue weighted by molar-refractivity contribution is 1.50. The summed E-state index contributed by atoms with van der Waals surface area (Å²) in [6, 6.07) is 0. The highest BCUT2D eigenvalue weighted by Gasteiger charge is 0.936. The van der Waals surface area contributed by atoms with E-state index in [0.29, 0.717) is 0 Å². The summed E-state index contributed by atoms with van der Waals surface area (Å²) in [7, 11) is 0. The van der Waals surface area contributed by atoms with Gasteiger partial charge in [-0.3, -0.25) is 0 Å². The topological polar surface area (TPSA) is 0 Å². The molecule has 0 rings (SSSR count). The Morgan fingerprint density at radius 1 is 0.176 bits per heavy atom. The smallest absolute Gasteiger partial charge is 0.0683 e. The molecular weight excluding hydrogens is 204 g/mol. The van der Waals surface area contributed by atoms with Crippen molar-refractivity contribution in [2.75, 3.05) is 0 Å². The molecule has 0 amide bonds. The van der Waals surface area contributed by atoms with E-state index in [1.54, 1.807) is 0 Å². The van der Waals surface area contributed by atoms with Crippen LogP contribution in [0.25, 0.3) is 0 Å². The molecule has 0 fully saturated rings. The van der Waals surface area contributed by atoms with Gasteiger partial charge in [0.2, 0.25) is 0 Å². The molecule has 0 N–H and O–H groups in total. The Balaban J connectivity index is -0.000000000500. The molecule has 130 valence electrons. The van der Waals surface area contributed by atoms with Gasteiger partial charge in [-0.2, -0.15) is 0 Å². The van der Waals surface area contributed by atoms with Crippen LogP contribution >= 0.6 is 0 Å². The standard InChI is InChI=1S/3C2H6.11CH4/c3*1-2;;;;;;;;;;;/h3*1-2H3;11*1H4. The van der Waals surface area contributed by atoms with Crippen LogP contribution in [0.3, 0.4) is 0 Å². The molecule has 0 heteroatoms. The summed E-state index contributed by atoms with van der Waals surface area (Å²) >= 11 is 0. The summed E-state index contributed by atoms with van der Waals surface area (Å²) in [6.45, 7) is 12.0. The zero-order chi connectivity index (χ0) is 6.00. The Morgan fingerprint density at radius 2 is 0.176 bits per heavy atom. The van der Waals surface area contributed by atoms with Crippen LogP contribution in [0.2, 0.25) is 0 Å². The lowest BCUT2D eigenvalue weighted by atomic mass is 11.0. The fourth-order valence-electron chi connectivity index (χ4n) is 0. The van der Waals surface area contributed by atoms with Crippen molar-refractivity contribution < 1.29 is 0 Å². The Kier molecular flexibility index (Phi) is 0. The van der Waals surface area contributed by atoms with Crippen molar-refractivity contribution in [3.63, 3.8) is 0 Å². The fourth-order valence-corrected chi connectivity index (χ4v) is 0. The monoisotopic (exact) mass is 266 g/mol. The molecule has 0 nitrogen and oxygen atoms in total. The Morgan fingerprint density at radius 3 is 0.176 bits per heavy atom. The second kappa shape index (κ2) is 0. The van der Waals surface area contributed by atoms with Crippen molar-refractivity contribution in [3.05, 3.63) is 0 Å². The molecule has 0 saturated carbocycles. The maximum absolute atomic E-state index is 2.00. The SMILES string of the molecule is C.C.C.C.C.C.C.C.C.C.C.CC.CC.CC. The van der Waals surface area contributed by atoms with Gasteiger partial charge in [0.05, 0.1) is 0 Å². The molecule has 0 heterocycles. The molecule has 0 aromatic rings. The van der Waals surface area contributed by atoms with Crippen LogP contribution in [-0.2, 0) is 0 Å². The molecule has 17 heavy (non-hydrogen) atoms. The van der Waals surface area contributed by atoms with Gasteiger partial charge < -0.3 is 0 Å². The summed E-state index contributed by atoms with van der Waals surface area (Å²) in [6.07, 6.45) is 0. The van der Waals surface area contributed by atoms with Crippen molar-refractivity contribution >= 4 is 0 Å². The van der Waals surface area contributed by atoms with Crippen LogP contribution in [0.15, 0.2) is 0 Å². The van der Waals surface area contributed by atoms with E-state index >= 15 is 0 Å². The molecule has 0 aliphatic heterocycles. The van der Waals surface area contributed by atoms with Gasteiger partial charge in [-0.15, -0.1) is 0 Å². The van der Waals surface area contributed by atoms with Crippen LogP contribution in [0, 0.1) is 0 Å².